The van der Waals surface area contributed by atoms with Gasteiger partial charge in [0, 0.05) is 12.6 Å². The number of ether oxygens (including phenoxy) is 1. The average Bonchev–Trinajstić information content (AvgIpc) is 2.25. The van der Waals surface area contributed by atoms with Crippen LogP contribution in [0.2, 0.25) is 0 Å². The van der Waals surface area contributed by atoms with Crippen molar-refractivity contribution in [3.63, 3.8) is 0 Å². The van der Waals surface area contributed by atoms with Gasteiger partial charge in [-0.15, -0.1) is 0 Å². The lowest BCUT2D eigenvalue weighted by Crippen LogP contribution is -2.61. The fourth-order valence-electron chi connectivity index (χ4n) is 2.60. The van der Waals surface area contributed by atoms with E-state index in [-0.39, 0.29) is 23.5 Å². The van der Waals surface area contributed by atoms with Crippen LogP contribution in [0.25, 0.3) is 0 Å². The number of β-lactam (4-membered cyclic amide) rings is 1. The number of carbonyl (C=O) groups excluding carboxylic acids is 2. The fraction of sp³-hybridized carbons (Fsp3) is 0.846. The van der Waals surface area contributed by atoms with Crippen molar-refractivity contribution in [3.8, 4) is 0 Å². The molecule has 2 fully saturated rings. The van der Waals surface area contributed by atoms with Gasteiger partial charge in [0.15, 0.2) is 0 Å². The lowest BCUT2D eigenvalue weighted by molar-refractivity contribution is -0.142. The Morgan fingerprint density at radius 3 is 2.39 bits per heavy atom. The molecular formula is C13H22N2O3. The van der Waals surface area contributed by atoms with Crippen molar-refractivity contribution in [3.05, 3.63) is 0 Å². The second kappa shape index (κ2) is 4.44. The Morgan fingerprint density at radius 2 is 2.00 bits per heavy atom. The predicted octanol–water partition coefficient (Wildman–Crippen LogP) is 1.57. The first-order valence-electron chi connectivity index (χ1n) is 6.59. The zero-order valence-electron chi connectivity index (χ0n) is 11.3. The van der Waals surface area contributed by atoms with Crippen molar-refractivity contribution in [2.24, 2.45) is 5.41 Å². The highest BCUT2D eigenvalue weighted by molar-refractivity contribution is 5.88. The number of hydrogen-bond acceptors (Lipinski definition) is 3. The molecule has 2 N–H and O–H groups in total. The van der Waals surface area contributed by atoms with Gasteiger partial charge in [-0.1, -0.05) is 0 Å². The molecule has 18 heavy (non-hydrogen) atoms. The van der Waals surface area contributed by atoms with E-state index < -0.39 is 5.60 Å². The lowest BCUT2D eigenvalue weighted by Gasteiger charge is -2.45. The van der Waals surface area contributed by atoms with Gasteiger partial charge in [0.1, 0.15) is 5.60 Å². The summed E-state index contributed by atoms with van der Waals surface area (Å²) in [6, 6.07) is 0.138. The van der Waals surface area contributed by atoms with Crippen LogP contribution in [0, 0.1) is 5.41 Å². The molecule has 0 aromatic rings. The van der Waals surface area contributed by atoms with Gasteiger partial charge in [-0.25, -0.2) is 4.79 Å². The number of amides is 2. The van der Waals surface area contributed by atoms with E-state index in [1.54, 1.807) is 0 Å². The third-order valence-electron chi connectivity index (χ3n) is 3.73. The number of hydrogen-bond donors (Lipinski definition) is 2. The number of carbonyl (C=O) groups is 2. The highest BCUT2D eigenvalue weighted by Crippen LogP contribution is 2.40. The first kappa shape index (κ1) is 13.2. The first-order chi connectivity index (χ1) is 8.31. The summed E-state index contributed by atoms with van der Waals surface area (Å²) in [5.41, 5.74) is -0.597. The molecule has 2 rings (SSSR count). The molecule has 1 saturated carbocycles. The Hall–Kier alpha value is -1.26. The van der Waals surface area contributed by atoms with E-state index in [4.69, 9.17) is 4.74 Å². The molecule has 0 bridgehead atoms. The molecule has 0 radical (unpaired) electrons. The van der Waals surface area contributed by atoms with Crippen LogP contribution in [0.15, 0.2) is 0 Å². The van der Waals surface area contributed by atoms with Gasteiger partial charge in [0.05, 0.1) is 5.41 Å². The standard InChI is InChI=1S/C13H22N2O3/c1-12(2,3)18-11(17)15-9-4-6-13(7-5-9)8-14-10(13)16/h9H,4-8H2,1-3H3,(H,14,16)(H,15,17). The zero-order valence-corrected chi connectivity index (χ0v) is 11.3. The van der Waals surface area contributed by atoms with E-state index in [1.165, 1.54) is 0 Å². The van der Waals surface area contributed by atoms with E-state index in [0.29, 0.717) is 0 Å². The zero-order chi connectivity index (χ0) is 13.4. The summed E-state index contributed by atoms with van der Waals surface area (Å²) in [6.07, 6.45) is 3.07. The van der Waals surface area contributed by atoms with Gasteiger partial charge < -0.3 is 15.4 Å². The lowest BCUT2D eigenvalue weighted by atomic mass is 9.68. The van der Waals surface area contributed by atoms with Gasteiger partial charge in [-0.05, 0) is 46.5 Å². The third kappa shape index (κ3) is 2.76. The van der Waals surface area contributed by atoms with Gasteiger partial charge in [-0.2, -0.15) is 0 Å². The summed E-state index contributed by atoms with van der Waals surface area (Å²) in [7, 11) is 0. The third-order valence-corrected chi connectivity index (χ3v) is 3.73. The number of rotatable bonds is 1. The van der Waals surface area contributed by atoms with Crippen LogP contribution in [0.5, 0.6) is 0 Å². The summed E-state index contributed by atoms with van der Waals surface area (Å²) in [5.74, 6) is 0.179. The van der Waals surface area contributed by atoms with Crippen LogP contribution in [0.3, 0.4) is 0 Å². The molecule has 1 saturated heterocycles. The Morgan fingerprint density at radius 1 is 1.39 bits per heavy atom. The van der Waals surface area contributed by atoms with E-state index in [2.05, 4.69) is 10.6 Å². The Balaban J connectivity index is 1.77. The molecule has 1 aliphatic heterocycles. The number of alkyl carbamates (subject to hydrolysis) is 1. The summed E-state index contributed by atoms with van der Waals surface area (Å²) < 4.78 is 5.22. The highest BCUT2D eigenvalue weighted by Gasteiger charge is 2.48. The normalized spacial score (nSPS) is 31.5. The second-order valence-corrected chi connectivity index (χ2v) is 6.38. The van der Waals surface area contributed by atoms with Crippen molar-refractivity contribution < 1.29 is 14.3 Å². The van der Waals surface area contributed by atoms with Crippen molar-refractivity contribution in [1.82, 2.24) is 10.6 Å². The van der Waals surface area contributed by atoms with Crippen LogP contribution in [-0.4, -0.2) is 30.2 Å². The quantitative estimate of drug-likeness (QED) is 0.698. The molecule has 1 heterocycles. The van der Waals surface area contributed by atoms with E-state index in [9.17, 15) is 9.59 Å². The van der Waals surface area contributed by atoms with Gasteiger partial charge in [0.25, 0.3) is 0 Å². The molecule has 1 aliphatic carbocycles. The van der Waals surface area contributed by atoms with Crippen LogP contribution >= 0.6 is 0 Å². The SMILES string of the molecule is CC(C)(C)OC(=O)NC1CCC2(CC1)CNC2=O. The maximum absolute atomic E-state index is 11.6. The summed E-state index contributed by atoms with van der Waals surface area (Å²) in [4.78, 5) is 23.1. The van der Waals surface area contributed by atoms with Crippen molar-refractivity contribution >= 4 is 12.0 Å². The van der Waals surface area contributed by atoms with E-state index in [0.717, 1.165) is 32.2 Å². The average molecular weight is 254 g/mol. The van der Waals surface area contributed by atoms with Crippen molar-refractivity contribution in [2.45, 2.75) is 58.1 Å². The Bertz CT molecular complexity index is 352. The largest absolute Gasteiger partial charge is 0.444 e. The highest BCUT2D eigenvalue weighted by atomic mass is 16.6. The molecule has 0 unspecified atom stereocenters. The molecular weight excluding hydrogens is 232 g/mol. The molecule has 2 amide bonds. The minimum absolute atomic E-state index is 0.133. The van der Waals surface area contributed by atoms with E-state index >= 15 is 0 Å². The summed E-state index contributed by atoms with van der Waals surface area (Å²) >= 11 is 0. The topological polar surface area (TPSA) is 67.4 Å². The molecule has 0 atom stereocenters. The first-order valence-corrected chi connectivity index (χ1v) is 6.59. The summed E-state index contributed by atoms with van der Waals surface area (Å²) in [6.45, 7) is 6.34. The smallest absolute Gasteiger partial charge is 0.407 e. The van der Waals surface area contributed by atoms with Crippen LogP contribution in [-0.2, 0) is 9.53 Å². The minimum Gasteiger partial charge on any atom is -0.444 e. The fourth-order valence-corrected chi connectivity index (χ4v) is 2.60. The molecule has 102 valence electrons. The second-order valence-electron chi connectivity index (χ2n) is 6.38. The van der Waals surface area contributed by atoms with Crippen molar-refractivity contribution in [2.75, 3.05) is 6.54 Å². The Labute approximate surface area is 108 Å². The molecule has 5 heteroatoms. The maximum atomic E-state index is 11.6. The molecule has 2 aliphatic rings. The predicted molar refractivity (Wildman–Crippen MR) is 67.1 cm³/mol. The molecule has 0 aromatic carbocycles. The molecule has 0 aromatic heterocycles. The summed E-state index contributed by atoms with van der Waals surface area (Å²) in [5, 5.41) is 5.69. The van der Waals surface area contributed by atoms with Crippen molar-refractivity contribution in [1.29, 1.82) is 0 Å². The van der Waals surface area contributed by atoms with Gasteiger partial charge >= 0.3 is 6.09 Å². The van der Waals surface area contributed by atoms with Crippen LogP contribution in [0.4, 0.5) is 4.79 Å². The van der Waals surface area contributed by atoms with Crippen LogP contribution in [0.1, 0.15) is 46.5 Å². The van der Waals surface area contributed by atoms with Gasteiger partial charge in [0.2, 0.25) is 5.91 Å². The van der Waals surface area contributed by atoms with Crippen LogP contribution < -0.4 is 10.6 Å². The number of nitrogens with one attached hydrogen (secondary N) is 2. The van der Waals surface area contributed by atoms with E-state index in [1.807, 2.05) is 20.8 Å². The maximum Gasteiger partial charge on any atom is 0.407 e. The Kier molecular flexibility index (Phi) is 3.25. The molecule has 5 nitrogen and oxygen atoms in total. The van der Waals surface area contributed by atoms with Gasteiger partial charge in [-0.3, -0.25) is 4.79 Å². The minimum atomic E-state index is -0.464. The molecule has 1 spiro atoms. The monoisotopic (exact) mass is 254 g/mol.